The quantitative estimate of drug-likeness (QED) is 0.647. The molecule has 114 valence electrons. The predicted octanol–water partition coefficient (Wildman–Crippen LogP) is 2.78. The van der Waals surface area contributed by atoms with Crippen LogP contribution in [0, 0.1) is 5.92 Å². The third kappa shape index (κ3) is 4.58. The molecule has 2 rings (SSSR count). The average molecular weight is 307 g/mol. The summed E-state index contributed by atoms with van der Waals surface area (Å²) in [5.41, 5.74) is 0.762. The molecule has 4 nitrogen and oxygen atoms in total. The molecule has 5 heteroatoms. The van der Waals surface area contributed by atoms with Crippen LogP contribution in [-0.2, 0) is 4.79 Å². The first-order valence-corrected chi connectivity index (χ1v) is 8.45. The summed E-state index contributed by atoms with van der Waals surface area (Å²) in [6.45, 7) is 2.10. The fourth-order valence-electron chi connectivity index (χ4n) is 2.72. The first-order valence-electron chi connectivity index (χ1n) is 7.22. The Morgan fingerprint density at radius 3 is 2.67 bits per heavy atom. The summed E-state index contributed by atoms with van der Waals surface area (Å²) >= 11 is 1.66. The second-order valence-corrected chi connectivity index (χ2v) is 6.26. The zero-order chi connectivity index (χ0) is 15.2. The molecule has 0 spiro atoms. The van der Waals surface area contributed by atoms with Crippen LogP contribution in [0.4, 0.5) is 0 Å². The summed E-state index contributed by atoms with van der Waals surface area (Å²) in [7, 11) is 0. The largest absolute Gasteiger partial charge is 0.481 e. The molecule has 1 aliphatic rings. The molecule has 0 amide bonds. The van der Waals surface area contributed by atoms with Crippen molar-refractivity contribution < 1.29 is 14.7 Å². The maximum Gasteiger partial charge on any atom is 0.304 e. The number of carboxylic acids is 1. The number of aliphatic carboxylic acids is 1. The Labute approximate surface area is 129 Å². The lowest BCUT2D eigenvalue weighted by Gasteiger charge is -2.31. The number of ketones is 1. The molecule has 0 radical (unpaired) electrons. The fourth-order valence-corrected chi connectivity index (χ4v) is 3.13. The van der Waals surface area contributed by atoms with Crippen LogP contribution in [-0.4, -0.2) is 47.6 Å². The monoisotopic (exact) mass is 307 g/mol. The molecule has 1 aromatic carbocycles. The van der Waals surface area contributed by atoms with Gasteiger partial charge in [-0.1, -0.05) is 12.1 Å². The van der Waals surface area contributed by atoms with Crippen LogP contribution in [0.15, 0.2) is 29.2 Å². The highest BCUT2D eigenvalue weighted by Crippen LogP contribution is 2.22. The lowest BCUT2D eigenvalue weighted by Crippen LogP contribution is -2.39. The Morgan fingerprint density at radius 2 is 2.05 bits per heavy atom. The number of hydrogen-bond donors (Lipinski definition) is 1. The molecule has 0 aromatic heterocycles. The molecule has 1 aromatic rings. The number of hydrogen-bond acceptors (Lipinski definition) is 4. The topological polar surface area (TPSA) is 57.6 Å². The van der Waals surface area contributed by atoms with Crippen LogP contribution >= 0.6 is 11.8 Å². The third-order valence-corrected chi connectivity index (χ3v) is 4.64. The van der Waals surface area contributed by atoms with Crippen molar-refractivity contribution in [1.29, 1.82) is 0 Å². The van der Waals surface area contributed by atoms with Crippen molar-refractivity contribution in [3.63, 3.8) is 0 Å². The van der Waals surface area contributed by atoms with Crippen LogP contribution in [0.1, 0.15) is 29.6 Å². The van der Waals surface area contributed by atoms with Crippen molar-refractivity contribution in [1.82, 2.24) is 4.90 Å². The Morgan fingerprint density at radius 1 is 1.33 bits per heavy atom. The van der Waals surface area contributed by atoms with E-state index in [-0.39, 0.29) is 18.1 Å². The smallest absolute Gasteiger partial charge is 0.304 e. The number of thioether (sulfide) groups is 1. The summed E-state index contributed by atoms with van der Waals surface area (Å²) in [6, 6.07) is 7.74. The summed E-state index contributed by atoms with van der Waals surface area (Å²) < 4.78 is 0. The van der Waals surface area contributed by atoms with Crippen molar-refractivity contribution in [2.24, 2.45) is 5.92 Å². The molecule has 1 heterocycles. The fraction of sp³-hybridized carbons (Fsp3) is 0.500. The van der Waals surface area contributed by atoms with Gasteiger partial charge >= 0.3 is 5.97 Å². The van der Waals surface area contributed by atoms with Crippen molar-refractivity contribution in [2.75, 3.05) is 25.9 Å². The zero-order valence-corrected chi connectivity index (χ0v) is 13.1. The molecule has 1 fully saturated rings. The van der Waals surface area contributed by atoms with Gasteiger partial charge in [-0.2, -0.15) is 0 Å². The van der Waals surface area contributed by atoms with E-state index in [9.17, 15) is 9.59 Å². The highest BCUT2D eigenvalue weighted by molar-refractivity contribution is 7.98. The van der Waals surface area contributed by atoms with E-state index < -0.39 is 5.97 Å². The first kappa shape index (κ1) is 16.0. The van der Waals surface area contributed by atoms with Gasteiger partial charge < -0.3 is 10.0 Å². The van der Waals surface area contributed by atoms with Crippen molar-refractivity contribution in [3.8, 4) is 0 Å². The number of carbonyl (C=O) groups is 2. The molecule has 0 unspecified atom stereocenters. The van der Waals surface area contributed by atoms with Crippen LogP contribution in [0.25, 0.3) is 0 Å². The molecule has 1 aliphatic heterocycles. The summed E-state index contributed by atoms with van der Waals surface area (Å²) in [6.07, 6.45) is 4.01. The number of likely N-dealkylation sites (tertiary alicyclic amines) is 1. The van der Waals surface area contributed by atoms with Gasteiger partial charge in [0.1, 0.15) is 0 Å². The van der Waals surface area contributed by atoms with Crippen LogP contribution < -0.4 is 0 Å². The number of carbonyl (C=O) groups excluding carboxylic acids is 1. The SMILES string of the molecule is CSc1ccc(C(=O)[C@@H]2CCCN(CCC(=O)O)C2)cc1. The normalized spacial score (nSPS) is 19.4. The van der Waals surface area contributed by atoms with Crippen LogP contribution in [0.3, 0.4) is 0 Å². The van der Waals surface area contributed by atoms with E-state index >= 15 is 0 Å². The molecule has 1 atom stereocenters. The lowest BCUT2D eigenvalue weighted by atomic mass is 9.90. The number of Topliss-reactive ketones (excluding diaryl/α,β-unsaturated/α-hetero) is 1. The van der Waals surface area contributed by atoms with Gasteiger partial charge in [-0.25, -0.2) is 0 Å². The van der Waals surface area contributed by atoms with Gasteiger partial charge in [0.05, 0.1) is 6.42 Å². The van der Waals surface area contributed by atoms with Crippen molar-refractivity contribution in [3.05, 3.63) is 29.8 Å². The number of rotatable bonds is 6. The van der Waals surface area contributed by atoms with E-state index in [4.69, 9.17) is 5.11 Å². The highest BCUT2D eigenvalue weighted by Gasteiger charge is 2.26. The zero-order valence-electron chi connectivity index (χ0n) is 12.2. The van der Waals surface area contributed by atoms with E-state index in [1.54, 1.807) is 11.8 Å². The molecule has 0 saturated carbocycles. The van der Waals surface area contributed by atoms with Gasteiger partial charge in [0, 0.05) is 29.5 Å². The average Bonchev–Trinajstić information content (AvgIpc) is 2.52. The Balaban J connectivity index is 1.96. The van der Waals surface area contributed by atoms with E-state index in [2.05, 4.69) is 4.90 Å². The van der Waals surface area contributed by atoms with E-state index in [0.29, 0.717) is 13.1 Å². The minimum Gasteiger partial charge on any atom is -0.481 e. The summed E-state index contributed by atoms with van der Waals surface area (Å²) in [4.78, 5) is 26.4. The first-order chi connectivity index (χ1) is 10.1. The second-order valence-electron chi connectivity index (χ2n) is 5.38. The predicted molar refractivity (Wildman–Crippen MR) is 84.0 cm³/mol. The molecular formula is C16H21NO3S. The number of piperidine rings is 1. The van der Waals surface area contributed by atoms with Gasteiger partial charge in [-0.05, 0) is 37.8 Å². The molecule has 21 heavy (non-hydrogen) atoms. The third-order valence-electron chi connectivity index (χ3n) is 3.89. The highest BCUT2D eigenvalue weighted by atomic mass is 32.2. The number of nitrogens with zero attached hydrogens (tertiary/aromatic N) is 1. The summed E-state index contributed by atoms with van der Waals surface area (Å²) in [5.74, 6) is -0.605. The van der Waals surface area contributed by atoms with Gasteiger partial charge in [-0.15, -0.1) is 11.8 Å². The van der Waals surface area contributed by atoms with Crippen LogP contribution in [0.2, 0.25) is 0 Å². The van der Waals surface area contributed by atoms with Crippen LogP contribution in [0.5, 0.6) is 0 Å². The molecule has 1 saturated heterocycles. The van der Waals surface area contributed by atoms with Gasteiger partial charge in [0.15, 0.2) is 5.78 Å². The maximum absolute atomic E-state index is 12.5. The van der Waals surface area contributed by atoms with E-state index in [1.807, 2.05) is 30.5 Å². The lowest BCUT2D eigenvalue weighted by molar-refractivity contribution is -0.137. The standard InChI is InChI=1S/C16H21NO3S/c1-21-14-6-4-12(5-7-14)16(20)13-3-2-9-17(11-13)10-8-15(18)19/h4-7,13H,2-3,8-11H2,1H3,(H,18,19)/t13-/m1/s1. The number of carboxylic acid groups (broad SMARTS) is 1. The molecular weight excluding hydrogens is 286 g/mol. The molecule has 1 N–H and O–H groups in total. The van der Waals surface area contributed by atoms with Crippen molar-refractivity contribution >= 4 is 23.5 Å². The minimum absolute atomic E-state index is 0.00678. The molecule has 0 aliphatic carbocycles. The molecule has 0 bridgehead atoms. The second kappa shape index (κ2) is 7.61. The van der Waals surface area contributed by atoms with Gasteiger partial charge in [0.2, 0.25) is 0 Å². The number of benzene rings is 1. The minimum atomic E-state index is -0.781. The Hall–Kier alpha value is -1.33. The summed E-state index contributed by atoms with van der Waals surface area (Å²) in [5, 5.41) is 8.75. The Bertz CT molecular complexity index is 501. The van der Waals surface area contributed by atoms with Crippen molar-refractivity contribution in [2.45, 2.75) is 24.2 Å². The Kier molecular flexibility index (Phi) is 5.82. The van der Waals surface area contributed by atoms with Gasteiger partial charge in [0.25, 0.3) is 0 Å². The van der Waals surface area contributed by atoms with E-state index in [0.717, 1.165) is 29.8 Å². The van der Waals surface area contributed by atoms with Gasteiger partial charge in [-0.3, -0.25) is 9.59 Å². The maximum atomic E-state index is 12.5. The van der Waals surface area contributed by atoms with E-state index in [1.165, 1.54) is 0 Å².